The van der Waals surface area contributed by atoms with Crippen LogP contribution >= 0.6 is 0 Å². The van der Waals surface area contributed by atoms with E-state index < -0.39 is 6.09 Å². The van der Waals surface area contributed by atoms with Crippen molar-refractivity contribution in [3.05, 3.63) is 48.0 Å². The molecule has 0 saturated heterocycles. The Kier molecular flexibility index (Phi) is 7.31. The summed E-state index contributed by atoms with van der Waals surface area (Å²) in [4.78, 5) is 38.4. The summed E-state index contributed by atoms with van der Waals surface area (Å²) in [6, 6.07) is 11.6. The fourth-order valence-electron chi connectivity index (χ4n) is 3.02. The van der Waals surface area contributed by atoms with Gasteiger partial charge in [-0.3, -0.25) is 14.9 Å². The normalized spacial score (nSPS) is 11.9. The Morgan fingerprint density at radius 2 is 1.71 bits per heavy atom. The van der Waals surface area contributed by atoms with E-state index in [1.165, 1.54) is 4.90 Å². The van der Waals surface area contributed by atoms with Gasteiger partial charge in [-0.1, -0.05) is 6.07 Å². The van der Waals surface area contributed by atoms with E-state index in [9.17, 15) is 14.4 Å². The number of carbonyl (C=O) groups excluding carboxylic acids is 3. The van der Waals surface area contributed by atoms with Crippen molar-refractivity contribution in [2.75, 3.05) is 43.5 Å². The van der Waals surface area contributed by atoms with Crippen LogP contribution in [0.2, 0.25) is 0 Å². The van der Waals surface area contributed by atoms with Crippen LogP contribution in [-0.4, -0.2) is 55.7 Å². The third-order valence-corrected chi connectivity index (χ3v) is 4.46. The lowest BCUT2D eigenvalue weighted by Crippen LogP contribution is -2.37. The zero-order valence-corrected chi connectivity index (χ0v) is 17.5. The standard InChI is InChI=1S/C22H25N3O6/c1-3-25(21(27)15-6-5-7-16(12-15)24-22(28)29-4-2)14-20(26)23-17-8-9-18-19(13-17)31-11-10-30-18/h5-9,12-13H,3-4,10-11,14H2,1-2H3,(H,23,26)(H,24,28). The third-order valence-electron chi connectivity index (χ3n) is 4.46. The van der Waals surface area contributed by atoms with Gasteiger partial charge in [0.1, 0.15) is 19.8 Å². The van der Waals surface area contributed by atoms with Crippen LogP contribution in [0.1, 0.15) is 24.2 Å². The van der Waals surface area contributed by atoms with Crippen molar-refractivity contribution < 1.29 is 28.6 Å². The second-order valence-electron chi connectivity index (χ2n) is 6.65. The van der Waals surface area contributed by atoms with E-state index in [-0.39, 0.29) is 25.0 Å². The maximum absolute atomic E-state index is 12.9. The Morgan fingerprint density at radius 1 is 0.968 bits per heavy atom. The molecule has 9 heteroatoms. The monoisotopic (exact) mass is 427 g/mol. The minimum atomic E-state index is -0.599. The second-order valence-corrected chi connectivity index (χ2v) is 6.65. The molecule has 31 heavy (non-hydrogen) atoms. The number of hydrogen-bond acceptors (Lipinski definition) is 6. The number of hydrogen-bond donors (Lipinski definition) is 2. The number of fused-ring (bicyclic) bond motifs is 1. The number of amides is 3. The molecule has 0 radical (unpaired) electrons. The minimum Gasteiger partial charge on any atom is -0.486 e. The first kappa shape index (κ1) is 21.9. The van der Waals surface area contributed by atoms with Crippen LogP contribution in [-0.2, 0) is 9.53 Å². The van der Waals surface area contributed by atoms with Crippen molar-refractivity contribution in [3.63, 3.8) is 0 Å². The summed E-state index contributed by atoms with van der Waals surface area (Å²) in [5, 5.41) is 5.33. The summed E-state index contributed by atoms with van der Waals surface area (Å²) in [7, 11) is 0. The first-order chi connectivity index (χ1) is 15.0. The van der Waals surface area contributed by atoms with E-state index in [0.717, 1.165) is 0 Å². The van der Waals surface area contributed by atoms with Gasteiger partial charge in [-0.2, -0.15) is 0 Å². The SMILES string of the molecule is CCOC(=O)Nc1cccc(C(=O)N(CC)CC(=O)Nc2ccc3c(c2)OCCO3)c1. The summed E-state index contributed by atoms with van der Waals surface area (Å²) in [6.07, 6.45) is -0.599. The van der Waals surface area contributed by atoms with E-state index in [2.05, 4.69) is 10.6 Å². The molecule has 0 fully saturated rings. The van der Waals surface area contributed by atoms with Gasteiger partial charge >= 0.3 is 6.09 Å². The predicted octanol–water partition coefficient (Wildman–Crippen LogP) is 3.13. The van der Waals surface area contributed by atoms with Gasteiger partial charge in [-0.25, -0.2) is 4.79 Å². The molecule has 9 nitrogen and oxygen atoms in total. The molecule has 2 N–H and O–H groups in total. The number of nitrogens with zero attached hydrogens (tertiary/aromatic N) is 1. The molecule has 1 aliphatic rings. The van der Waals surface area contributed by atoms with E-state index in [1.54, 1.807) is 56.3 Å². The van der Waals surface area contributed by atoms with Crippen LogP contribution in [0.4, 0.5) is 16.2 Å². The number of benzene rings is 2. The topological polar surface area (TPSA) is 106 Å². The minimum absolute atomic E-state index is 0.126. The molecule has 2 aromatic carbocycles. The molecule has 3 amide bonds. The summed E-state index contributed by atoms with van der Waals surface area (Å²) in [5.74, 6) is 0.532. The number of rotatable bonds is 7. The molecule has 3 rings (SSSR count). The third kappa shape index (κ3) is 5.88. The fraction of sp³-hybridized carbons (Fsp3) is 0.318. The average molecular weight is 427 g/mol. The molecule has 2 aromatic rings. The van der Waals surface area contributed by atoms with Gasteiger partial charge in [0.15, 0.2) is 11.5 Å². The first-order valence-electron chi connectivity index (χ1n) is 10.0. The van der Waals surface area contributed by atoms with Gasteiger partial charge in [0.25, 0.3) is 5.91 Å². The molecule has 0 aliphatic carbocycles. The molecule has 1 aliphatic heterocycles. The molecule has 0 spiro atoms. The van der Waals surface area contributed by atoms with Gasteiger partial charge in [-0.15, -0.1) is 0 Å². The quantitative estimate of drug-likeness (QED) is 0.703. The zero-order chi connectivity index (χ0) is 22.2. The van der Waals surface area contributed by atoms with Crippen LogP contribution in [0.3, 0.4) is 0 Å². The van der Waals surface area contributed by atoms with Gasteiger partial charge in [0.05, 0.1) is 6.61 Å². The van der Waals surface area contributed by atoms with Crippen molar-refractivity contribution >= 4 is 29.3 Å². The Morgan fingerprint density at radius 3 is 2.45 bits per heavy atom. The van der Waals surface area contributed by atoms with E-state index in [0.29, 0.717) is 48.2 Å². The number of ether oxygens (including phenoxy) is 3. The number of likely N-dealkylation sites (N-methyl/N-ethyl adjacent to an activating group) is 1. The first-order valence-corrected chi connectivity index (χ1v) is 10.0. The molecular formula is C22H25N3O6. The number of carbonyl (C=O) groups is 3. The van der Waals surface area contributed by atoms with Gasteiger partial charge in [0.2, 0.25) is 5.91 Å². The Bertz CT molecular complexity index is 962. The predicted molar refractivity (Wildman–Crippen MR) is 115 cm³/mol. The van der Waals surface area contributed by atoms with Gasteiger partial charge in [0, 0.05) is 29.5 Å². The van der Waals surface area contributed by atoms with Gasteiger partial charge < -0.3 is 24.4 Å². The Hall–Kier alpha value is -3.75. The highest BCUT2D eigenvalue weighted by Crippen LogP contribution is 2.32. The lowest BCUT2D eigenvalue weighted by molar-refractivity contribution is -0.116. The van der Waals surface area contributed by atoms with E-state index >= 15 is 0 Å². The molecule has 164 valence electrons. The molecule has 0 unspecified atom stereocenters. The summed E-state index contributed by atoms with van der Waals surface area (Å²) in [6.45, 7) is 4.88. The average Bonchev–Trinajstić information content (AvgIpc) is 2.77. The smallest absolute Gasteiger partial charge is 0.411 e. The van der Waals surface area contributed by atoms with Crippen LogP contribution < -0.4 is 20.1 Å². The molecular weight excluding hydrogens is 402 g/mol. The summed E-state index contributed by atoms with van der Waals surface area (Å²) >= 11 is 0. The Balaban J connectivity index is 1.63. The molecule has 0 saturated carbocycles. The van der Waals surface area contributed by atoms with Crippen molar-refractivity contribution in [2.45, 2.75) is 13.8 Å². The largest absolute Gasteiger partial charge is 0.486 e. The summed E-state index contributed by atoms with van der Waals surface area (Å²) in [5.41, 5.74) is 1.34. The van der Waals surface area contributed by atoms with Crippen molar-refractivity contribution in [1.82, 2.24) is 4.90 Å². The van der Waals surface area contributed by atoms with Crippen LogP contribution in [0.5, 0.6) is 11.5 Å². The van der Waals surface area contributed by atoms with Crippen molar-refractivity contribution in [1.29, 1.82) is 0 Å². The number of anilines is 2. The summed E-state index contributed by atoms with van der Waals surface area (Å²) < 4.78 is 15.8. The molecule has 1 heterocycles. The maximum atomic E-state index is 12.9. The zero-order valence-electron chi connectivity index (χ0n) is 17.5. The highest BCUT2D eigenvalue weighted by Gasteiger charge is 2.19. The fourth-order valence-corrected chi connectivity index (χ4v) is 3.02. The van der Waals surface area contributed by atoms with Crippen LogP contribution in [0, 0.1) is 0 Å². The lowest BCUT2D eigenvalue weighted by atomic mass is 10.1. The van der Waals surface area contributed by atoms with Crippen molar-refractivity contribution in [3.8, 4) is 11.5 Å². The lowest BCUT2D eigenvalue weighted by Gasteiger charge is -2.22. The Labute approximate surface area is 180 Å². The van der Waals surface area contributed by atoms with E-state index in [1.807, 2.05) is 0 Å². The molecule has 0 bridgehead atoms. The molecule has 0 aromatic heterocycles. The van der Waals surface area contributed by atoms with Crippen LogP contribution in [0.25, 0.3) is 0 Å². The second kappa shape index (κ2) is 10.3. The molecule has 0 atom stereocenters. The van der Waals surface area contributed by atoms with Gasteiger partial charge in [-0.05, 0) is 44.2 Å². The highest BCUT2D eigenvalue weighted by atomic mass is 16.6. The number of nitrogens with one attached hydrogen (secondary N) is 2. The van der Waals surface area contributed by atoms with Crippen molar-refractivity contribution in [2.24, 2.45) is 0 Å². The van der Waals surface area contributed by atoms with E-state index in [4.69, 9.17) is 14.2 Å². The highest BCUT2D eigenvalue weighted by molar-refractivity contribution is 6.00. The maximum Gasteiger partial charge on any atom is 0.411 e. The van der Waals surface area contributed by atoms with Crippen LogP contribution in [0.15, 0.2) is 42.5 Å².